The summed E-state index contributed by atoms with van der Waals surface area (Å²) >= 11 is 0. The van der Waals surface area contributed by atoms with Crippen LogP contribution in [0.15, 0.2) is 0 Å². The third kappa shape index (κ3) is 28.6. The highest BCUT2D eigenvalue weighted by Crippen LogP contribution is 2.24. The van der Waals surface area contributed by atoms with Crippen LogP contribution in [0.1, 0.15) is 175 Å². The van der Waals surface area contributed by atoms with Gasteiger partial charge in [0.05, 0.1) is 6.61 Å². The third-order valence-electron chi connectivity index (χ3n) is 7.80. The van der Waals surface area contributed by atoms with E-state index in [2.05, 4.69) is 13.8 Å². The Bertz CT molecular complexity index is 394. The molecule has 0 aromatic carbocycles. The molecule has 0 spiro atoms. The normalized spacial score (nSPS) is 13.3. The van der Waals surface area contributed by atoms with E-state index in [1.807, 2.05) is 6.92 Å². The van der Waals surface area contributed by atoms with Crippen LogP contribution in [0, 0.1) is 0 Å². The molecule has 0 aromatic heterocycles. The van der Waals surface area contributed by atoms with Crippen LogP contribution < -0.4 is 22.9 Å². The number of aliphatic hydroxyl groups is 1. The van der Waals surface area contributed by atoms with E-state index >= 15 is 0 Å². The van der Waals surface area contributed by atoms with Gasteiger partial charge in [0.25, 0.3) is 0 Å². The van der Waals surface area contributed by atoms with E-state index < -0.39 is 0 Å². The van der Waals surface area contributed by atoms with Crippen LogP contribution in [0.3, 0.4) is 0 Å². The second-order valence-electron chi connectivity index (χ2n) is 11.8. The van der Waals surface area contributed by atoms with Gasteiger partial charge in [-0.2, -0.15) is 0 Å². The lowest BCUT2D eigenvalue weighted by molar-refractivity contribution is 0.183. The van der Waals surface area contributed by atoms with Crippen LogP contribution in [0.5, 0.6) is 0 Å². The van der Waals surface area contributed by atoms with Crippen molar-refractivity contribution in [3.63, 3.8) is 0 Å². The molecule has 9 N–H and O–H groups in total. The Hall–Kier alpha value is -0.200. The van der Waals surface area contributed by atoms with Gasteiger partial charge in [0.1, 0.15) is 0 Å². The maximum Gasteiger partial charge on any atom is 0.0600 e. The fraction of sp³-hybridized carbons (Fsp3) is 1.00. The average molecular weight is 529 g/mol. The highest BCUT2D eigenvalue weighted by molar-refractivity contribution is 4.93. The third-order valence-corrected chi connectivity index (χ3v) is 7.80. The van der Waals surface area contributed by atoms with E-state index in [9.17, 15) is 5.11 Å². The molecule has 0 aliphatic carbocycles. The van der Waals surface area contributed by atoms with E-state index in [0.717, 1.165) is 25.7 Å². The summed E-state index contributed by atoms with van der Waals surface area (Å²) < 4.78 is 0. The molecule has 0 fully saturated rings. The van der Waals surface area contributed by atoms with Gasteiger partial charge in [-0.05, 0) is 19.8 Å². The summed E-state index contributed by atoms with van der Waals surface area (Å²) in [6, 6.07) is -0.122. The number of aliphatic hydroxyl groups excluding tert-OH is 1. The summed E-state index contributed by atoms with van der Waals surface area (Å²) in [4.78, 5) is 0. The lowest BCUT2D eigenvalue weighted by atomic mass is 9.81. The van der Waals surface area contributed by atoms with Crippen molar-refractivity contribution >= 4 is 0 Å². The van der Waals surface area contributed by atoms with Gasteiger partial charge in [0.2, 0.25) is 0 Å². The fourth-order valence-corrected chi connectivity index (χ4v) is 4.91. The summed E-state index contributed by atoms with van der Waals surface area (Å²) in [6.45, 7) is 7.02. The van der Waals surface area contributed by atoms with Crippen molar-refractivity contribution in [1.82, 2.24) is 0 Å². The van der Waals surface area contributed by atoms with Crippen molar-refractivity contribution in [2.24, 2.45) is 22.9 Å². The summed E-state index contributed by atoms with van der Waals surface area (Å²) in [5.41, 5.74) is 22.8. The smallest absolute Gasteiger partial charge is 0.0600 e. The molecule has 0 aliphatic heterocycles. The van der Waals surface area contributed by atoms with Gasteiger partial charge in [-0.25, -0.2) is 0 Å². The monoisotopic (exact) mass is 529 g/mol. The molecular weight excluding hydrogens is 456 g/mol. The Balaban J connectivity index is 0. The Labute approximate surface area is 233 Å². The zero-order chi connectivity index (χ0) is 28.0. The van der Waals surface area contributed by atoms with Crippen molar-refractivity contribution in [2.75, 3.05) is 13.2 Å². The van der Waals surface area contributed by atoms with Gasteiger partial charge in [-0.3, -0.25) is 0 Å². The standard InChI is InChI=1S/C29H62N2O.C3H10N2/c1-3-5-7-9-11-13-15-17-19-21-23-25-29(31,28(30)27-32)26-24-22-20-18-16-14-12-10-8-6-4-2;1-3(5)2-4/h28,32H,3-27,30-31H2,1-2H3;3H,2,4-5H2,1H3. The molecule has 2 atom stereocenters. The van der Waals surface area contributed by atoms with Gasteiger partial charge in [-0.1, -0.05) is 155 Å². The first kappa shape index (κ1) is 38.9. The van der Waals surface area contributed by atoms with Crippen molar-refractivity contribution in [3.8, 4) is 0 Å². The molecule has 0 aliphatic rings. The van der Waals surface area contributed by atoms with Crippen LogP contribution in [0.2, 0.25) is 0 Å². The fourth-order valence-electron chi connectivity index (χ4n) is 4.91. The maximum atomic E-state index is 9.62. The first-order valence-corrected chi connectivity index (χ1v) is 16.5. The molecule has 5 heteroatoms. The Morgan fingerprint density at radius 1 is 0.541 bits per heavy atom. The number of hydrogen-bond donors (Lipinski definition) is 5. The zero-order valence-electron chi connectivity index (χ0n) is 25.8. The molecule has 5 nitrogen and oxygen atoms in total. The SMILES string of the molecule is CC(N)CN.CCCCCCCCCCCCCC(N)(CCCCCCCCCCCCC)C(N)CO. The first-order valence-electron chi connectivity index (χ1n) is 16.5. The highest BCUT2D eigenvalue weighted by Gasteiger charge is 2.30. The minimum atomic E-state index is -0.382. The summed E-state index contributed by atoms with van der Waals surface area (Å²) in [7, 11) is 0. The number of nitrogens with two attached hydrogens (primary N) is 4. The van der Waals surface area contributed by atoms with E-state index in [4.69, 9.17) is 22.9 Å². The average Bonchev–Trinajstić information content (AvgIpc) is 2.90. The molecule has 0 amide bonds. The van der Waals surface area contributed by atoms with Crippen molar-refractivity contribution in [2.45, 2.75) is 192 Å². The Morgan fingerprint density at radius 3 is 1.00 bits per heavy atom. The predicted octanol–water partition coefficient (Wildman–Crippen LogP) is 7.70. The molecule has 226 valence electrons. The van der Waals surface area contributed by atoms with Crippen LogP contribution >= 0.6 is 0 Å². The van der Waals surface area contributed by atoms with Gasteiger partial charge in [0.15, 0.2) is 0 Å². The molecule has 0 aromatic rings. The van der Waals surface area contributed by atoms with Crippen molar-refractivity contribution in [3.05, 3.63) is 0 Å². The highest BCUT2D eigenvalue weighted by atomic mass is 16.3. The molecule has 2 unspecified atom stereocenters. The van der Waals surface area contributed by atoms with Crippen LogP contribution in [-0.2, 0) is 0 Å². The molecule has 0 heterocycles. The summed E-state index contributed by atoms with van der Waals surface area (Å²) in [6.07, 6.45) is 31.6. The molecule has 0 saturated carbocycles. The van der Waals surface area contributed by atoms with E-state index in [-0.39, 0.29) is 24.2 Å². The zero-order valence-corrected chi connectivity index (χ0v) is 25.8. The van der Waals surface area contributed by atoms with Crippen molar-refractivity contribution < 1.29 is 5.11 Å². The van der Waals surface area contributed by atoms with Crippen molar-refractivity contribution in [1.29, 1.82) is 0 Å². The Morgan fingerprint density at radius 2 is 0.784 bits per heavy atom. The minimum Gasteiger partial charge on any atom is -0.395 e. The van der Waals surface area contributed by atoms with Gasteiger partial charge >= 0.3 is 0 Å². The molecular formula is C32H72N4O. The number of rotatable bonds is 27. The van der Waals surface area contributed by atoms with Gasteiger partial charge in [-0.15, -0.1) is 0 Å². The largest absolute Gasteiger partial charge is 0.395 e. The van der Waals surface area contributed by atoms with E-state index in [1.165, 1.54) is 128 Å². The maximum absolute atomic E-state index is 9.62. The van der Waals surface area contributed by atoms with Gasteiger partial charge < -0.3 is 28.0 Å². The van der Waals surface area contributed by atoms with Crippen LogP contribution in [-0.4, -0.2) is 35.9 Å². The van der Waals surface area contributed by atoms with Crippen LogP contribution in [0.4, 0.5) is 0 Å². The topological polar surface area (TPSA) is 124 Å². The molecule has 0 bridgehead atoms. The predicted molar refractivity (Wildman–Crippen MR) is 167 cm³/mol. The quantitative estimate of drug-likeness (QED) is 0.0698. The lowest BCUT2D eigenvalue weighted by Crippen LogP contribution is -2.57. The lowest BCUT2D eigenvalue weighted by Gasteiger charge is -2.35. The molecule has 0 saturated heterocycles. The van der Waals surface area contributed by atoms with Gasteiger partial charge in [0, 0.05) is 24.2 Å². The molecule has 37 heavy (non-hydrogen) atoms. The second-order valence-corrected chi connectivity index (χ2v) is 11.8. The Kier molecular flexibility index (Phi) is 31.9. The van der Waals surface area contributed by atoms with E-state index in [0.29, 0.717) is 6.54 Å². The number of unbranched alkanes of at least 4 members (excludes halogenated alkanes) is 20. The second kappa shape index (κ2) is 30.3. The minimum absolute atomic E-state index is 0.00651. The summed E-state index contributed by atoms with van der Waals surface area (Å²) in [5, 5.41) is 9.62. The van der Waals surface area contributed by atoms with Crippen LogP contribution in [0.25, 0.3) is 0 Å². The summed E-state index contributed by atoms with van der Waals surface area (Å²) in [5.74, 6) is 0. The number of hydrogen-bond acceptors (Lipinski definition) is 5. The van der Waals surface area contributed by atoms with E-state index in [1.54, 1.807) is 0 Å². The molecule has 0 radical (unpaired) electrons. The molecule has 0 rings (SSSR count). The first-order chi connectivity index (χ1) is 17.9.